The van der Waals surface area contributed by atoms with Gasteiger partial charge in [-0.25, -0.2) is 0 Å². The van der Waals surface area contributed by atoms with Gasteiger partial charge in [0.05, 0.1) is 7.11 Å². The van der Waals surface area contributed by atoms with Crippen LogP contribution >= 0.6 is 0 Å². The van der Waals surface area contributed by atoms with E-state index in [-0.39, 0.29) is 0 Å². The van der Waals surface area contributed by atoms with Gasteiger partial charge in [-0.05, 0) is 31.0 Å². The van der Waals surface area contributed by atoms with Crippen molar-refractivity contribution in [3.05, 3.63) is 54.1 Å². The number of benzene rings is 1. The molecule has 0 atom stereocenters. The van der Waals surface area contributed by atoms with E-state index < -0.39 is 0 Å². The summed E-state index contributed by atoms with van der Waals surface area (Å²) in [4.78, 5) is 0. The third-order valence-corrected chi connectivity index (χ3v) is 1.95. The number of hydrogen-bond donors (Lipinski definition) is 0. The Morgan fingerprint density at radius 1 is 1.14 bits per heavy atom. The van der Waals surface area contributed by atoms with E-state index in [0.717, 1.165) is 12.2 Å². The predicted molar refractivity (Wildman–Crippen MR) is 60.7 cm³/mol. The molecule has 0 bridgehead atoms. The molecule has 0 N–H and O–H groups in total. The Morgan fingerprint density at radius 3 is 2.43 bits per heavy atom. The van der Waals surface area contributed by atoms with Crippen molar-refractivity contribution < 1.29 is 4.74 Å². The third-order valence-electron chi connectivity index (χ3n) is 1.95. The van der Waals surface area contributed by atoms with E-state index in [1.54, 1.807) is 7.11 Å². The quantitative estimate of drug-likeness (QED) is 0.658. The maximum atomic E-state index is 5.08. The molecule has 74 valence electrons. The van der Waals surface area contributed by atoms with Crippen molar-refractivity contribution in [1.82, 2.24) is 0 Å². The first-order valence-corrected chi connectivity index (χ1v) is 4.77. The lowest BCUT2D eigenvalue weighted by Crippen LogP contribution is -1.84. The minimum Gasteiger partial charge on any atom is -0.497 e. The van der Waals surface area contributed by atoms with Crippen LogP contribution in [-0.2, 0) is 6.42 Å². The second kappa shape index (κ2) is 6.03. The van der Waals surface area contributed by atoms with Gasteiger partial charge in [0, 0.05) is 0 Å². The van der Waals surface area contributed by atoms with Gasteiger partial charge in [0.2, 0.25) is 0 Å². The molecule has 14 heavy (non-hydrogen) atoms. The molecule has 1 aromatic rings. The van der Waals surface area contributed by atoms with Gasteiger partial charge in [-0.15, -0.1) is 0 Å². The lowest BCUT2D eigenvalue weighted by molar-refractivity contribution is 0.414. The van der Waals surface area contributed by atoms with Crippen molar-refractivity contribution in [3.8, 4) is 5.75 Å². The molecule has 0 aliphatic heterocycles. The molecule has 0 aliphatic rings. The van der Waals surface area contributed by atoms with Crippen LogP contribution in [0.1, 0.15) is 12.5 Å². The summed E-state index contributed by atoms with van der Waals surface area (Å²) in [6.07, 6.45) is 9.22. The van der Waals surface area contributed by atoms with Gasteiger partial charge in [-0.2, -0.15) is 0 Å². The molecule has 0 aromatic heterocycles. The van der Waals surface area contributed by atoms with E-state index >= 15 is 0 Å². The van der Waals surface area contributed by atoms with Crippen molar-refractivity contribution in [3.63, 3.8) is 0 Å². The second-order valence-electron chi connectivity index (χ2n) is 3.01. The molecule has 0 saturated carbocycles. The van der Waals surface area contributed by atoms with Crippen LogP contribution in [0.2, 0.25) is 0 Å². The first-order chi connectivity index (χ1) is 6.86. The van der Waals surface area contributed by atoms with E-state index in [2.05, 4.69) is 24.3 Å². The van der Waals surface area contributed by atoms with Crippen LogP contribution < -0.4 is 4.74 Å². The average molecular weight is 188 g/mol. The summed E-state index contributed by atoms with van der Waals surface area (Å²) >= 11 is 0. The molecule has 0 fully saturated rings. The molecular formula is C13H16O. The van der Waals surface area contributed by atoms with Gasteiger partial charge in [-0.1, -0.05) is 36.4 Å². The highest BCUT2D eigenvalue weighted by atomic mass is 16.5. The van der Waals surface area contributed by atoms with Gasteiger partial charge >= 0.3 is 0 Å². The second-order valence-corrected chi connectivity index (χ2v) is 3.01. The molecular weight excluding hydrogens is 172 g/mol. The average Bonchev–Trinajstić information content (AvgIpc) is 2.25. The lowest BCUT2D eigenvalue weighted by atomic mass is 10.1. The molecule has 1 rings (SSSR count). The fraction of sp³-hybridized carbons (Fsp3) is 0.231. The molecule has 0 radical (unpaired) electrons. The van der Waals surface area contributed by atoms with Crippen molar-refractivity contribution in [2.24, 2.45) is 0 Å². The topological polar surface area (TPSA) is 9.23 Å². The van der Waals surface area contributed by atoms with Gasteiger partial charge in [0.1, 0.15) is 5.75 Å². The summed E-state index contributed by atoms with van der Waals surface area (Å²) in [5, 5.41) is 0. The van der Waals surface area contributed by atoms with E-state index in [0.29, 0.717) is 0 Å². The van der Waals surface area contributed by atoms with Crippen LogP contribution in [0.25, 0.3) is 0 Å². The van der Waals surface area contributed by atoms with Crippen LogP contribution in [-0.4, -0.2) is 7.11 Å². The van der Waals surface area contributed by atoms with Crippen LogP contribution in [0, 0.1) is 0 Å². The van der Waals surface area contributed by atoms with Crippen LogP contribution in [0.15, 0.2) is 48.6 Å². The number of hydrogen-bond acceptors (Lipinski definition) is 1. The maximum absolute atomic E-state index is 5.08. The Labute approximate surface area is 85.7 Å². The summed E-state index contributed by atoms with van der Waals surface area (Å²) in [5.74, 6) is 0.909. The molecule has 0 heterocycles. The first kappa shape index (κ1) is 10.6. The zero-order valence-electron chi connectivity index (χ0n) is 8.73. The van der Waals surface area contributed by atoms with Gasteiger partial charge in [0.25, 0.3) is 0 Å². The van der Waals surface area contributed by atoms with Gasteiger partial charge in [-0.3, -0.25) is 0 Å². The first-order valence-electron chi connectivity index (χ1n) is 4.77. The summed E-state index contributed by atoms with van der Waals surface area (Å²) < 4.78 is 5.08. The van der Waals surface area contributed by atoms with Gasteiger partial charge in [0.15, 0.2) is 0 Å². The fourth-order valence-electron chi connectivity index (χ4n) is 1.16. The van der Waals surface area contributed by atoms with E-state index in [1.807, 2.05) is 31.2 Å². The molecule has 1 heteroatoms. The number of rotatable bonds is 4. The number of methoxy groups -OCH3 is 1. The number of ether oxygens (including phenoxy) is 1. The Kier molecular flexibility index (Phi) is 4.56. The number of allylic oxidation sites excluding steroid dienone is 4. The highest BCUT2D eigenvalue weighted by Gasteiger charge is 1.90. The zero-order chi connectivity index (χ0) is 10.2. The molecule has 0 spiro atoms. The van der Waals surface area contributed by atoms with E-state index in [1.165, 1.54) is 5.56 Å². The highest BCUT2D eigenvalue weighted by molar-refractivity contribution is 5.28. The largest absolute Gasteiger partial charge is 0.497 e. The summed E-state index contributed by atoms with van der Waals surface area (Å²) in [7, 11) is 1.68. The summed E-state index contributed by atoms with van der Waals surface area (Å²) in [6.45, 7) is 2.01. The van der Waals surface area contributed by atoms with Crippen molar-refractivity contribution in [1.29, 1.82) is 0 Å². The highest BCUT2D eigenvalue weighted by Crippen LogP contribution is 2.11. The Balaban J connectivity index is 2.51. The van der Waals surface area contributed by atoms with Crippen LogP contribution in [0.5, 0.6) is 5.75 Å². The normalized spacial score (nSPS) is 11.3. The van der Waals surface area contributed by atoms with E-state index in [9.17, 15) is 0 Å². The standard InChI is InChI=1S/C13H16O/c1-3-4-5-6-7-12-8-10-13(14-2)11-9-12/h3-6,8-11H,7H2,1-2H3. The summed E-state index contributed by atoms with van der Waals surface area (Å²) in [6, 6.07) is 8.13. The van der Waals surface area contributed by atoms with Crippen molar-refractivity contribution in [2.75, 3.05) is 7.11 Å². The maximum Gasteiger partial charge on any atom is 0.118 e. The van der Waals surface area contributed by atoms with Crippen molar-refractivity contribution in [2.45, 2.75) is 13.3 Å². The zero-order valence-corrected chi connectivity index (χ0v) is 8.73. The molecule has 0 aliphatic carbocycles. The lowest BCUT2D eigenvalue weighted by Gasteiger charge is -2.00. The monoisotopic (exact) mass is 188 g/mol. The predicted octanol–water partition coefficient (Wildman–Crippen LogP) is 3.37. The Bertz CT molecular complexity index is 307. The third kappa shape index (κ3) is 3.48. The minimum absolute atomic E-state index is 0.909. The van der Waals surface area contributed by atoms with Crippen molar-refractivity contribution >= 4 is 0 Å². The van der Waals surface area contributed by atoms with Gasteiger partial charge < -0.3 is 4.74 Å². The fourth-order valence-corrected chi connectivity index (χ4v) is 1.16. The molecule has 0 amide bonds. The smallest absolute Gasteiger partial charge is 0.118 e. The Hall–Kier alpha value is -1.50. The van der Waals surface area contributed by atoms with Crippen LogP contribution in [0.4, 0.5) is 0 Å². The molecule has 1 nitrogen and oxygen atoms in total. The van der Waals surface area contributed by atoms with Crippen LogP contribution in [0.3, 0.4) is 0 Å². The SMILES string of the molecule is CC=CC=CCc1ccc(OC)cc1. The summed E-state index contributed by atoms with van der Waals surface area (Å²) in [5.41, 5.74) is 1.30. The van der Waals surface area contributed by atoms with E-state index in [4.69, 9.17) is 4.74 Å². The Morgan fingerprint density at radius 2 is 1.86 bits per heavy atom. The molecule has 0 saturated heterocycles. The molecule has 0 unspecified atom stereocenters. The minimum atomic E-state index is 0.909. The molecule has 1 aromatic carbocycles.